The highest BCUT2D eigenvalue weighted by Gasteiger charge is 2.23. The zero-order valence-corrected chi connectivity index (χ0v) is 15.8. The van der Waals surface area contributed by atoms with Crippen molar-refractivity contribution in [1.82, 2.24) is 4.57 Å². The smallest absolute Gasteiger partial charge is 0.318 e. The topological polar surface area (TPSA) is 83.9 Å². The molecular formula is C18H32N5O2+. The van der Waals surface area contributed by atoms with Crippen molar-refractivity contribution < 1.29 is 14.1 Å². The molecule has 0 aliphatic heterocycles. The zero-order chi connectivity index (χ0) is 18.5. The summed E-state index contributed by atoms with van der Waals surface area (Å²) in [5, 5.41) is 3.41. The van der Waals surface area contributed by atoms with Gasteiger partial charge in [0.2, 0.25) is 12.6 Å². The third-order valence-electron chi connectivity index (χ3n) is 4.24. The van der Waals surface area contributed by atoms with Gasteiger partial charge < -0.3 is 4.74 Å². The van der Waals surface area contributed by atoms with Crippen LogP contribution in [0.1, 0.15) is 77.9 Å². The molecule has 25 heavy (non-hydrogen) atoms. The van der Waals surface area contributed by atoms with Gasteiger partial charge in [-0.15, -0.1) is 0 Å². The molecule has 1 heterocycles. The van der Waals surface area contributed by atoms with E-state index >= 15 is 0 Å². The van der Waals surface area contributed by atoms with Crippen LogP contribution in [0.15, 0.2) is 23.8 Å². The third kappa shape index (κ3) is 8.59. The Labute approximate surface area is 150 Å². The average Bonchev–Trinajstić information content (AvgIpc) is 3.02. The molecule has 0 aliphatic rings. The summed E-state index contributed by atoms with van der Waals surface area (Å²) in [5.41, 5.74) is 8.46. The molecule has 7 nitrogen and oxygen atoms in total. The molecule has 2 unspecified atom stereocenters. The minimum atomic E-state index is -0.810. The van der Waals surface area contributed by atoms with Crippen LogP contribution in [0.5, 0.6) is 0 Å². The maximum Gasteiger partial charge on any atom is 0.318 e. The molecular weight excluding hydrogens is 318 g/mol. The summed E-state index contributed by atoms with van der Waals surface area (Å²) in [6.07, 6.45) is 16.0. The summed E-state index contributed by atoms with van der Waals surface area (Å²) in [4.78, 5) is 14.7. The number of aryl methyl sites for hydroxylation is 1. The van der Waals surface area contributed by atoms with Crippen molar-refractivity contribution in [3.05, 3.63) is 29.2 Å². The van der Waals surface area contributed by atoms with Gasteiger partial charge >= 0.3 is 5.97 Å². The number of imidazole rings is 1. The third-order valence-corrected chi connectivity index (χ3v) is 4.24. The van der Waals surface area contributed by atoms with Gasteiger partial charge in [0.1, 0.15) is 18.4 Å². The maximum absolute atomic E-state index is 12.1. The lowest BCUT2D eigenvalue weighted by Crippen LogP contribution is -2.27. The molecule has 0 aliphatic carbocycles. The predicted molar refractivity (Wildman–Crippen MR) is 96.6 cm³/mol. The Balaban J connectivity index is 2.44. The number of unbranched alkanes of at least 4 members (excludes halogenated alkanes) is 7. The quantitative estimate of drug-likeness (QED) is 0.130. The predicted octanol–water partition coefficient (Wildman–Crippen LogP) is 4.58. The molecule has 0 N–H and O–H groups in total. The molecule has 0 saturated heterocycles. The second-order valence-corrected chi connectivity index (χ2v) is 6.56. The van der Waals surface area contributed by atoms with Crippen molar-refractivity contribution in [2.45, 2.75) is 83.9 Å². The first-order chi connectivity index (χ1) is 12.1. The van der Waals surface area contributed by atoms with Crippen LogP contribution in [0.25, 0.3) is 10.4 Å². The number of esters is 1. The van der Waals surface area contributed by atoms with Crippen LogP contribution in [0.4, 0.5) is 0 Å². The Morgan fingerprint density at radius 2 is 1.88 bits per heavy atom. The van der Waals surface area contributed by atoms with E-state index in [1.165, 1.54) is 38.5 Å². The second-order valence-electron chi connectivity index (χ2n) is 6.56. The molecule has 0 radical (unpaired) electrons. The minimum absolute atomic E-state index is 0.356. The van der Waals surface area contributed by atoms with Crippen LogP contribution in [0.3, 0.4) is 0 Å². The molecule has 140 valence electrons. The van der Waals surface area contributed by atoms with Gasteiger partial charge in [-0.1, -0.05) is 57.0 Å². The van der Waals surface area contributed by atoms with Gasteiger partial charge in [-0.2, -0.15) is 4.57 Å². The van der Waals surface area contributed by atoms with Crippen molar-refractivity contribution in [1.29, 1.82) is 0 Å². The first-order valence-corrected chi connectivity index (χ1v) is 9.36. The lowest BCUT2D eigenvalue weighted by molar-refractivity contribution is -0.671. The molecule has 0 saturated carbocycles. The van der Waals surface area contributed by atoms with E-state index in [1.807, 2.05) is 34.9 Å². The Morgan fingerprint density at radius 3 is 2.44 bits per heavy atom. The van der Waals surface area contributed by atoms with Crippen molar-refractivity contribution in [3.8, 4) is 0 Å². The fraction of sp³-hybridized carbons (Fsp3) is 0.778. The number of carbonyl (C=O) groups is 1. The highest BCUT2D eigenvalue weighted by molar-refractivity contribution is 5.75. The highest BCUT2D eigenvalue weighted by Crippen LogP contribution is 2.19. The molecule has 1 aromatic heterocycles. The monoisotopic (exact) mass is 350 g/mol. The largest absolute Gasteiger partial charge is 0.422 e. The molecule has 0 aromatic carbocycles. The summed E-state index contributed by atoms with van der Waals surface area (Å²) in [6, 6.07) is -0.810. The van der Waals surface area contributed by atoms with E-state index in [9.17, 15) is 4.79 Å². The van der Waals surface area contributed by atoms with E-state index in [4.69, 9.17) is 10.3 Å². The molecule has 7 heteroatoms. The summed E-state index contributed by atoms with van der Waals surface area (Å²) in [6.45, 7) is 3.77. The van der Waals surface area contributed by atoms with Gasteiger partial charge in [0.25, 0.3) is 0 Å². The summed E-state index contributed by atoms with van der Waals surface area (Å²) in [5.74, 6) is -0.487. The van der Waals surface area contributed by atoms with E-state index in [-0.39, 0.29) is 6.23 Å². The van der Waals surface area contributed by atoms with Gasteiger partial charge in [0, 0.05) is 11.3 Å². The molecule has 0 fully saturated rings. The fourth-order valence-corrected chi connectivity index (χ4v) is 2.72. The van der Waals surface area contributed by atoms with Crippen molar-refractivity contribution in [2.75, 3.05) is 0 Å². The van der Waals surface area contributed by atoms with E-state index in [1.54, 1.807) is 6.92 Å². The first-order valence-electron chi connectivity index (χ1n) is 9.36. The van der Waals surface area contributed by atoms with Crippen molar-refractivity contribution >= 4 is 5.97 Å². The maximum atomic E-state index is 12.1. The number of nitrogens with zero attached hydrogens (tertiary/aromatic N) is 5. The number of azide groups is 1. The lowest BCUT2D eigenvalue weighted by atomic mass is 10.1. The fourth-order valence-electron chi connectivity index (χ4n) is 2.72. The van der Waals surface area contributed by atoms with Gasteiger partial charge in [0.15, 0.2) is 0 Å². The molecule has 0 amide bonds. The van der Waals surface area contributed by atoms with E-state index in [2.05, 4.69) is 16.9 Å². The van der Waals surface area contributed by atoms with Crippen LogP contribution < -0.4 is 4.57 Å². The molecule has 1 aromatic rings. The average molecular weight is 350 g/mol. The Morgan fingerprint density at radius 1 is 1.24 bits per heavy atom. The Kier molecular flexibility index (Phi) is 10.4. The van der Waals surface area contributed by atoms with Gasteiger partial charge in [-0.25, -0.2) is 4.57 Å². The van der Waals surface area contributed by atoms with Crippen LogP contribution in [-0.4, -0.2) is 16.6 Å². The van der Waals surface area contributed by atoms with Crippen molar-refractivity contribution in [3.63, 3.8) is 0 Å². The van der Waals surface area contributed by atoms with Crippen LogP contribution in [0.2, 0.25) is 0 Å². The van der Waals surface area contributed by atoms with E-state index in [0.29, 0.717) is 0 Å². The normalized spacial score (nSPS) is 13.1. The first kappa shape index (κ1) is 21.0. The Hall–Kier alpha value is -2.01. The molecule has 0 spiro atoms. The minimum Gasteiger partial charge on any atom is -0.422 e. The van der Waals surface area contributed by atoms with Gasteiger partial charge in [-0.3, -0.25) is 4.79 Å². The lowest BCUT2D eigenvalue weighted by Gasteiger charge is -2.16. The van der Waals surface area contributed by atoms with E-state index < -0.39 is 12.0 Å². The zero-order valence-electron chi connectivity index (χ0n) is 15.8. The number of rotatable bonds is 13. The van der Waals surface area contributed by atoms with Crippen LogP contribution in [0, 0.1) is 0 Å². The molecule has 2 atom stereocenters. The number of hydrogen-bond donors (Lipinski definition) is 0. The summed E-state index contributed by atoms with van der Waals surface area (Å²) >= 11 is 0. The summed E-state index contributed by atoms with van der Waals surface area (Å²) < 4.78 is 9.37. The second kappa shape index (κ2) is 12.4. The molecule has 0 bridgehead atoms. The molecule has 1 rings (SSSR count). The SMILES string of the molecule is CCCCCCCCCCC(OC(=O)C(C)N=[N+]=[N-])n1cc[n+](C)c1. The van der Waals surface area contributed by atoms with Gasteiger partial charge in [-0.05, 0) is 18.9 Å². The Bertz CT molecular complexity index is 551. The number of hydrogen-bond acceptors (Lipinski definition) is 3. The van der Waals surface area contributed by atoms with Crippen LogP contribution in [-0.2, 0) is 16.6 Å². The van der Waals surface area contributed by atoms with Gasteiger partial charge in [0.05, 0.1) is 7.05 Å². The number of carbonyl (C=O) groups excluding carboxylic acids is 1. The number of ether oxygens (including phenoxy) is 1. The van der Waals surface area contributed by atoms with Crippen molar-refractivity contribution in [2.24, 2.45) is 12.2 Å². The highest BCUT2D eigenvalue weighted by atomic mass is 16.6. The van der Waals surface area contributed by atoms with E-state index in [0.717, 1.165) is 19.3 Å². The standard InChI is InChI=1S/C18H32N5O2/c1-4-5-6-7-8-9-10-11-12-17(23-14-13-22(3)15-23)25-18(24)16(2)20-21-19/h13-17H,4-12H2,1-3H3/q+1. The number of aromatic nitrogens is 2. The summed E-state index contributed by atoms with van der Waals surface area (Å²) in [7, 11) is 1.92. The van der Waals surface area contributed by atoms with Crippen LogP contribution >= 0.6 is 0 Å².